The van der Waals surface area contributed by atoms with Crippen molar-refractivity contribution in [3.8, 4) is 0 Å². The van der Waals surface area contributed by atoms with E-state index in [1.807, 2.05) is 61.5 Å². The molecule has 0 amide bonds. The molecule has 0 aliphatic carbocycles. The van der Waals surface area contributed by atoms with Gasteiger partial charge in [-0.25, -0.2) is 13.1 Å². The van der Waals surface area contributed by atoms with Crippen molar-refractivity contribution in [1.82, 2.24) is 4.72 Å². The minimum absolute atomic E-state index is 0.225. The fraction of sp³-hybridized carbons (Fsp3) is 0.120. The molecule has 0 aliphatic rings. The number of nitrogens with one attached hydrogen (secondary N) is 2. The van der Waals surface area contributed by atoms with Gasteiger partial charge in [-0.3, -0.25) is 0 Å². The van der Waals surface area contributed by atoms with Gasteiger partial charge >= 0.3 is 0 Å². The molecule has 0 radical (unpaired) electrons. The third-order valence-electron chi connectivity index (χ3n) is 5.13. The van der Waals surface area contributed by atoms with Crippen LogP contribution in [0.25, 0.3) is 10.8 Å². The largest absolute Gasteiger partial charge is 0.376 e. The van der Waals surface area contributed by atoms with Gasteiger partial charge in [-0.15, -0.1) is 0 Å². The quantitative estimate of drug-likeness (QED) is 0.431. The van der Waals surface area contributed by atoms with E-state index in [4.69, 9.17) is 0 Å². The maximum atomic E-state index is 12.8. The summed E-state index contributed by atoms with van der Waals surface area (Å²) in [5.41, 5.74) is 3.00. The van der Waals surface area contributed by atoms with E-state index in [-0.39, 0.29) is 17.5 Å². The molecule has 152 valence electrons. The number of hydrogen-bond donors (Lipinski definition) is 2. The Morgan fingerprint density at radius 1 is 0.767 bits per heavy atom. The fourth-order valence-corrected chi connectivity index (χ4v) is 4.52. The summed E-state index contributed by atoms with van der Waals surface area (Å²) in [6.07, 6.45) is 0. The molecule has 0 bridgehead atoms. The van der Waals surface area contributed by atoms with Crippen molar-refractivity contribution in [2.75, 3.05) is 11.9 Å². The average Bonchev–Trinajstić information content (AvgIpc) is 2.77. The third kappa shape index (κ3) is 4.53. The summed E-state index contributed by atoms with van der Waals surface area (Å²) >= 11 is 0. The maximum Gasteiger partial charge on any atom is 0.240 e. The first-order chi connectivity index (χ1) is 14.5. The van der Waals surface area contributed by atoms with Crippen molar-refractivity contribution in [2.45, 2.75) is 17.9 Å². The van der Waals surface area contributed by atoms with Gasteiger partial charge in [-0.1, -0.05) is 84.4 Å². The second-order valence-corrected chi connectivity index (χ2v) is 9.07. The van der Waals surface area contributed by atoms with Gasteiger partial charge in [0.05, 0.1) is 10.9 Å². The van der Waals surface area contributed by atoms with Gasteiger partial charge in [-0.2, -0.15) is 0 Å². The van der Waals surface area contributed by atoms with Crippen LogP contribution in [0.2, 0.25) is 0 Å². The topological polar surface area (TPSA) is 58.2 Å². The molecule has 0 saturated heterocycles. The van der Waals surface area contributed by atoms with E-state index >= 15 is 0 Å². The molecule has 0 saturated carbocycles. The van der Waals surface area contributed by atoms with Crippen LogP contribution >= 0.6 is 0 Å². The number of anilines is 1. The summed E-state index contributed by atoms with van der Waals surface area (Å²) in [4.78, 5) is 0.269. The number of aryl methyl sites for hydroxylation is 1. The van der Waals surface area contributed by atoms with Gasteiger partial charge < -0.3 is 5.32 Å². The third-order valence-corrected chi connectivity index (χ3v) is 6.57. The Hall–Kier alpha value is -3.15. The van der Waals surface area contributed by atoms with E-state index < -0.39 is 10.0 Å². The molecule has 0 fully saturated rings. The van der Waals surface area contributed by atoms with Crippen molar-refractivity contribution in [3.05, 3.63) is 108 Å². The highest BCUT2D eigenvalue weighted by Crippen LogP contribution is 2.27. The Kier molecular flexibility index (Phi) is 5.84. The Bertz CT molecular complexity index is 1230. The molecule has 0 aliphatic heterocycles. The van der Waals surface area contributed by atoms with Gasteiger partial charge in [0.2, 0.25) is 10.0 Å². The maximum absolute atomic E-state index is 12.8. The summed E-state index contributed by atoms with van der Waals surface area (Å²) in [5.74, 6) is 0. The molecular formula is C25H24N2O2S. The summed E-state index contributed by atoms with van der Waals surface area (Å²) in [6.45, 7) is 2.16. The van der Waals surface area contributed by atoms with Crippen LogP contribution < -0.4 is 10.0 Å². The molecule has 4 aromatic rings. The standard InChI is InChI=1S/C25H24N2O2S/c1-19-14-16-22(17-15-19)30(28,29)26-18-25(21-9-3-2-4-10-21)27-24-13-7-11-20-8-5-6-12-23(20)24/h2-17,25-27H,18H2,1H3. The highest BCUT2D eigenvalue weighted by molar-refractivity contribution is 7.89. The molecule has 0 aromatic heterocycles. The van der Waals surface area contributed by atoms with Crippen molar-refractivity contribution in [1.29, 1.82) is 0 Å². The first-order valence-corrected chi connectivity index (χ1v) is 11.4. The lowest BCUT2D eigenvalue weighted by Crippen LogP contribution is -2.31. The van der Waals surface area contributed by atoms with E-state index in [0.717, 1.165) is 27.6 Å². The second-order valence-electron chi connectivity index (χ2n) is 7.30. The van der Waals surface area contributed by atoms with Crippen LogP contribution in [0.1, 0.15) is 17.2 Å². The lowest BCUT2D eigenvalue weighted by molar-refractivity contribution is 0.576. The predicted molar refractivity (Wildman–Crippen MR) is 123 cm³/mol. The smallest absolute Gasteiger partial charge is 0.240 e. The molecule has 4 rings (SSSR count). The Morgan fingerprint density at radius 3 is 2.20 bits per heavy atom. The lowest BCUT2D eigenvalue weighted by atomic mass is 10.0. The number of hydrogen-bond acceptors (Lipinski definition) is 3. The molecule has 5 heteroatoms. The van der Waals surface area contributed by atoms with Crippen molar-refractivity contribution in [2.24, 2.45) is 0 Å². The van der Waals surface area contributed by atoms with Gasteiger partial charge in [0.15, 0.2) is 0 Å². The SMILES string of the molecule is Cc1ccc(S(=O)(=O)NCC(Nc2cccc3ccccc23)c2ccccc2)cc1. The number of benzene rings is 4. The van der Waals surface area contributed by atoms with E-state index in [1.165, 1.54) is 0 Å². The first kappa shape index (κ1) is 20.1. The minimum atomic E-state index is -3.60. The average molecular weight is 417 g/mol. The molecular weight excluding hydrogens is 392 g/mol. The van der Waals surface area contributed by atoms with E-state index in [9.17, 15) is 8.42 Å². The van der Waals surface area contributed by atoms with Crippen LogP contribution in [0.4, 0.5) is 5.69 Å². The van der Waals surface area contributed by atoms with Crippen LogP contribution in [-0.2, 0) is 10.0 Å². The molecule has 1 atom stereocenters. The monoisotopic (exact) mass is 416 g/mol. The highest BCUT2D eigenvalue weighted by Gasteiger charge is 2.18. The van der Waals surface area contributed by atoms with Crippen LogP contribution in [0.3, 0.4) is 0 Å². The van der Waals surface area contributed by atoms with Gasteiger partial charge in [-0.05, 0) is 36.1 Å². The Morgan fingerprint density at radius 2 is 1.43 bits per heavy atom. The van der Waals surface area contributed by atoms with Gasteiger partial charge in [0.1, 0.15) is 0 Å². The predicted octanol–water partition coefficient (Wildman–Crippen LogP) is 5.28. The van der Waals surface area contributed by atoms with Crippen molar-refractivity contribution in [3.63, 3.8) is 0 Å². The van der Waals surface area contributed by atoms with E-state index in [0.29, 0.717) is 0 Å². The van der Waals surface area contributed by atoms with E-state index in [1.54, 1.807) is 24.3 Å². The van der Waals surface area contributed by atoms with Crippen LogP contribution in [0, 0.1) is 6.92 Å². The number of rotatable bonds is 7. The lowest BCUT2D eigenvalue weighted by Gasteiger charge is -2.22. The zero-order valence-corrected chi connectivity index (χ0v) is 17.6. The molecule has 0 heterocycles. The first-order valence-electron chi connectivity index (χ1n) is 9.88. The Labute approximate surface area is 177 Å². The molecule has 30 heavy (non-hydrogen) atoms. The van der Waals surface area contributed by atoms with E-state index in [2.05, 4.69) is 28.2 Å². The highest BCUT2D eigenvalue weighted by atomic mass is 32.2. The molecule has 2 N–H and O–H groups in total. The summed E-state index contributed by atoms with van der Waals surface area (Å²) in [6, 6.07) is 30.8. The number of sulfonamides is 1. The second kappa shape index (κ2) is 8.69. The zero-order valence-electron chi connectivity index (χ0n) is 16.7. The van der Waals surface area contributed by atoms with Crippen molar-refractivity contribution < 1.29 is 8.42 Å². The van der Waals surface area contributed by atoms with Crippen LogP contribution in [-0.4, -0.2) is 15.0 Å². The number of fused-ring (bicyclic) bond motifs is 1. The van der Waals surface area contributed by atoms with Crippen LogP contribution in [0.15, 0.2) is 102 Å². The summed E-state index contributed by atoms with van der Waals surface area (Å²) in [5, 5.41) is 5.78. The Balaban J connectivity index is 1.61. The molecule has 4 aromatic carbocycles. The molecule has 1 unspecified atom stereocenters. The van der Waals surface area contributed by atoms with Gasteiger partial charge in [0, 0.05) is 17.6 Å². The van der Waals surface area contributed by atoms with Crippen molar-refractivity contribution >= 4 is 26.5 Å². The van der Waals surface area contributed by atoms with Crippen LogP contribution in [0.5, 0.6) is 0 Å². The molecule has 4 nitrogen and oxygen atoms in total. The fourth-order valence-electron chi connectivity index (χ4n) is 3.47. The normalized spacial score (nSPS) is 12.6. The summed E-state index contributed by atoms with van der Waals surface area (Å²) < 4.78 is 28.4. The van der Waals surface area contributed by atoms with Gasteiger partial charge in [0.25, 0.3) is 0 Å². The molecule has 0 spiro atoms. The minimum Gasteiger partial charge on any atom is -0.376 e. The zero-order chi connectivity index (χ0) is 21.0. The summed E-state index contributed by atoms with van der Waals surface area (Å²) in [7, 11) is -3.60.